The van der Waals surface area contributed by atoms with E-state index in [-0.39, 0.29) is 5.62 Å². The van der Waals surface area contributed by atoms with E-state index in [9.17, 15) is 4.57 Å². The molecule has 2 nitrogen and oxygen atoms in total. The molecule has 0 spiro atoms. The average molecular weight is 266 g/mol. The van der Waals surface area contributed by atoms with Crippen LogP contribution in [-0.2, 0) is 4.57 Å². The molecular formula is C13H13ClNOP. The molecule has 0 fully saturated rings. The van der Waals surface area contributed by atoms with E-state index in [1.54, 1.807) is 0 Å². The summed E-state index contributed by atoms with van der Waals surface area (Å²) in [6, 6.07) is 18.7. The van der Waals surface area contributed by atoms with Crippen LogP contribution in [0, 0.1) is 0 Å². The van der Waals surface area contributed by atoms with E-state index in [1.165, 1.54) is 0 Å². The fourth-order valence-electron chi connectivity index (χ4n) is 1.55. The second-order valence-corrected chi connectivity index (χ2v) is 6.85. The van der Waals surface area contributed by atoms with Crippen LogP contribution >= 0.6 is 18.9 Å². The number of halogens is 1. The molecule has 88 valence electrons. The molecule has 1 atom stereocenters. The summed E-state index contributed by atoms with van der Waals surface area (Å²) < 4.78 is 12.7. The van der Waals surface area contributed by atoms with E-state index in [2.05, 4.69) is 5.09 Å². The highest BCUT2D eigenvalue weighted by Crippen LogP contribution is 2.45. The summed E-state index contributed by atoms with van der Waals surface area (Å²) in [6.45, 7) is 0. The third-order valence-electron chi connectivity index (χ3n) is 2.43. The van der Waals surface area contributed by atoms with Crippen molar-refractivity contribution >= 4 is 29.9 Å². The fraction of sp³-hybridized carbons (Fsp3) is 0.0769. The van der Waals surface area contributed by atoms with Crippen LogP contribution in [0.4, 0.5) is 5.69 Å². The summed E-state index contributed by atoms with van der Waals surface area (Å²) in [7, 11) is -2.76. The third-order valence-corrected chi connectivity index (χ3v) is 5.52. The van der Waals surface area contributed by atoms with Gasteiger partial charge in [0.25, 0.3) is 0 Å². The Labute approximate surface area is 106 Å². The monoisotopic (exact) mass is 265 g/mol. The van der Waals surface area contributed by atoms with Gasteiger partial charge < -0.3 is 5.09 Å². The number of para-hydroxylation sites is 1. The van der Waals surface area contributed by atoms with Crippen molar-refractivity contribution in [3.05, 3.63) is 60.7 Å². The number of nitrogens with one attached hydrogen (secondary N) is 1. The van der Waals surface area contributed by atoms with Crippen LogP contribution in [0.2, 0.25) is 0 Å². The number of anilines is 1. The summed E-state index contributed by atoms with van der Waals surface area (Å²) in [6.07, 6.45) is 0. The van der Waals surface area contributed by atoms with Crippen molar-refractivity contribution in [3.8, 4) is 0 Å². The van der Waals surface area contributed by atoms with Gasteiger partial charge in [0.1, 0.15) is 0 Å². The summed E-state index contributed by atoms with van der Waals surface area (Å²) in [5.41, 5.74) is 0.895. The van der Waals surface area contributed by atoms with Gasteiger partial charge in [-0.2, -0.15) is 0 Å². The van der Waals surface area contributed by atoms with Gasteiger partial charge in [-0.15, -0.1) is 11.6 Å². The van der Waals surface area contributed by atoms with Gasteiger partial charge in [-0.25, -0.2) is 0 Å². The second kappa shape index (κ2) is 5.39. The van der Waals surface area contributed by atoms with Gasteiger partial charge in [-0.05, 0) is 24.3 Å². The molecule has 0 radical (unpaired) electrons. The molecular weight excluding hydrogens is 253 g/mol. The normalized spacial score (nSPS) is 13.9. The lowest BCUT2D eigenvalue weighted by Crippen LogP contribution is -2.12. The predicted molar refractivity (Wildman–Crippen MR) is 74.5 cm³/mol. The van der Waals surface area contributed by atoms with Crippen molar-refractivity contribution in [2.45, 2.75) is 0 Å². The summed E-state index contributed by atoms with van der Waals surface area (Å²) >= 11 is 5.87. The lowest BCUT2D eigenvalue weighted by atomic mass is 10.3. The van der Waals surface area contributed by atoms with Gasteiger partial charge in [0, 0.05) is 11.0 Å². The first-order chi connectivity index (χ1) is 8.24. The van der Waals surface area contributed by atoms with E-state index in [1.807, 2.05) is 60.7 Å². The molecule has 0 aliphatic heterocycles. The van der Waals surface area contributed by atoms with Crippen molar-refractivity contribution in [1.82, 2.24) is 0 Å². The standard InChI is InChI=1S/C13H13ClNOP/c14-11-17(16,13-9-5-2-6-10-13)15-12-7-3-1-4-8-12/h1-10H,11H2,(H,15,16). The molecule has 2 aromatic rings. The van der Waals surface area contributed by atoms with Gasteiger partial charge in [-0.1, -0.05) is 36.4 Å². The van der Waals surface area contributed by atoms with Crippen molar-refractivity contribution < 1.29 is 4.57 Å². The smallest absolute Gasteiger partial charge is 0.212 e. The number of hydrogen-bond acceptors (Lipinski definition) is 1. The predicted octanol–water partition coefficient (Wildman–Crippen LogP) is 3.90. The Morgan fingerprint density at radius 1 is 0.941 bits per heavy atom. The Morgan fingerprint density at radius 3 is 2.00 bits per heavy atom. The van der Waals surface area contributed by atoms with Gasteiger partial charge >= 0.3 is 0 Å². The first-order valence-electron chi connectivity index (χ1n) is 5.28. The summed E-state index contributed by atoms with van der Waals surface area (Å²) in [5.74, 6) is 0. The Hall–Kier alpha value is -1.24. The van der Waals surface area contributed by atoms with Gasteiger partial charge in [0.2, 0.25) is 7.29 Å². The van der Waals surface area contributed by atoms with Gasteiger partial charge in [0.15, 0.2) is 0 Å². The maximum absolute atomic E-state index is 12.7. The van der Waals surface area contributed by atoms with Crippen LogP contribution in [0.15, 0.2) is 60.7 Å². The van der Waals surface area contributed by atoms with Crippen molar-refractivity contribution in [3.63, 3.8) is 0 Å². The lowest BCUT2D eigenvalue weighted by molar-refractivity contribution is 0.587. The van der Waals surface area contributed by atoms with Crippen molar-refractivity contribution in [2.24, 2.45) is 0 Å². The minimum absolute atomic E-state index is 0.0753. The number of rotatable bonds is 4. The molecule has 0 aliphatic carbocycles. The first kappa shape index (κ1) is 12.2. The van der Waals surface area contributed by atoms with Gasteiger partial charge in [-0.3, -0.25) is 4.57 Å². The highest BCUT2D eigenvalue weighted by Gasteiger charge is 2.22. The molecule has 2 aromatic carbocycles. The zero-order valence-corrected chi connectivity index (χ0v) is 10.9. The van der Waals surface area contributed by atoms with Crippen LogP contribution in [0.25, 0.3) is 0 Å². The third kappa shape index (κ3) is 2.91. The van der Waals surface area contributed by atoms with Crippen LogP contribution in [-0.4, -0.2) is 5.62 Å². The van der Waals surface area contributed by atoms with E-state index in [0.29, 0.717) is 0 Å². The van der Waals surface area contributed by atoms with Crippen LogP contribution < -0.4 is 10.4 Å². The quantitative estimate of drug-likeness (QED) is 0.671. The Morgan fingerprint density at radius 2 is 1.47 bits per heavy atom. The summed E-state index contributed by atoms with van der Waals surface area (Å²) in [4.78, 5) is 0. The van der Waals surface area contributed by atoms with E-state index in [4.69, 9.17) is 11.6 Å². The maximum atomic E-state index is 12.7. The van der Waals surface area contributed by atoms with E-state index in [0.717, 1.165) is 11.0 Å². The number of benzene rings is 2. The molecule has 1 N–H and O–H groups in total. The molecule has 0 saturated carbocycles. The molecule has 0 saturated heterocycles. The van der Waals surface area contributed by atoms with E-state index < -0.39 is 7.29 Å². The molecule has 0 heterocycles. The first-order valence-corrected chi connectivity index (χ1v) is 7.71. The fourth-order valence-corrected chi connectivity index (χ4v) is 3.69. The maximum Gasteiger partial charge on any atom is 0.212 e. The van der Waals surface area contributed by atoms with Crippen LogP contribution in [0.1, 0.15) is 0 Å². The van der Waals surface area contributed by atoms with E-state index >= 15 is 0 Å². The Balaban J connectivity index is 2.30. The molecule has 0 bridgehead atoms. The molecule has 0 amide bonds. The van der Waals surface area contributed by atoms with Crippen molar-refractivity contribution in [2.75, 3.05) is 10.7 Å². The highest BCUT2D eigenvalue weighted by molar-refractivity contribution is 7.74. The Kier molecular flexibility index (Phi) is 3.88. The lowest BCUT2D eigenvalue weighted by Gasteiger charge is -2.18. The number of alkyl halides is 1. The molecule has 0 aromatic heterocycles. The van der Waals surface area contributed by atoms with Crippen LogP contribution in [0.3, 0.4) is 0 Å². The summed E-state index contributed by atoms with van der Waals surface area (Å²) in [5, 5.41) is 3.79. The Bertz CT molecular complexity index is 515. The zero-order valence-electron chi connectivity index (χ0n) is 9.21. The van der Waals surface area contributed by atoms with Crippen molar-refractivity contribution in [1.29, 1.82) is 0 Å². The molecule has 2 rings (SSSR count). The SMILES string of the molecule is O=P(CCl)(Nc1ccccc1)c1ccccc1. The second-order valence-electron chi connectivity index (χ2n) is 3.67. The molecule has 17 heavy (non-hydrogen) atoms. The number of hydrogen-bond donors (Lipinski definition) is 1. The van der Waals surface area contributed by atoms with Crippen LogP contribution in [0.5, 0.6) is 0 Å². The minimum Gasteiger partial charge on any atom is -0.332 e. The average Bonchev–Trinajstić information content (AvgIpc) is 2.41. The van der Waals surface area contributed by atoms with Gasteiger partial charge in [0.05, 0.1) is 5.62 Å². The highest BCUT2D eigenvalue weighted by atomic mass is 35.5. The topological polar surface area (TPSA) is 29.1 Å². The molecule has 1 unspecified atom stereocenters. The largest absolute Gasteiger partial charge is 0.332 e. The molecule has 0 aliphatic rings. The zero-order chi connectivity index (χ0) is 12.1. The molecule has 4 heteroatoms. The minimum atomic E-state index is -2.76.